The smallest absolute Gasteiger partial charge is 0.0832 e. The van der Waals surface area contributed by atoms with Crippen LogP contribution in [0.25, 0.3) is 0 Å². The maximum atomic E-state index is 4.26. The molecule has 0 aromatic heterocycles. The average Bonchev–Trinajstić information content (AvgIpc) is 0.918. The monoisotopic (exact) mass is 261 g/mol. The summed E-state index contributed by atoms with van der Waals surface area (Å²) in [6, 6.07) is 0. The van der Waals surface area contributed by atoms with Crippen molar-refractivity contribution in [1.29, 1.82) is 0 Å². The molecule has 35 valence electrons. The normalized spacial score (nSPS) is 4.50. The number of hydrogen-bond donors (Lipinski definition) is 0. The molecule has 0 saturated carbocycles. The van der Waals surface area contributed by atoms with E-state index < -0.39 is 0 Å². The first kappa shape index (κ1) is 9.24. The van der Waals surface area contributed by atoms with Gasteiger partial charge in [-0.1, -0.05) is 0 Å². The summed E-state index contributed by atoms with van der Waals surface area (Å²) in [7, 11) is 0. The fourth-order valence-electron chi connectivity index (χ4n) is 0. The van der Waals surface area contributed by atoms with E-state index in [1.54, 1.807) is 0 Å². The summed E-state index contributed by atoms with van der Waals surface area (Å²) in [5.41, 5.74) is 0. The van der Waals surface area contributed by atoms with E-state index in [-0.39, 0.29) is 36.9 Å². The van der Waals surface area contributed by atoms with Gasteiger partial charge in [0.2, 0.25) is 0 Å². The second-order valence-electron chi connectivity index (χ2n) is 0.0583. The van der Waals surface area contributed by atoms with Crippen LogP contribution in [-0.2, 0) is 3.84 Å². The van der Waals surface area contributed by atoms with E-state index in [0.29, 0.717) is 0 Å². The van der Waals surface area contributed by atoms with E-state index in [9.17, 15) is 0 Å². The second kappa shape index (κ2) is 8.84. The predicted octanol–water partition coefficient (Wildman–Crippen LogP) is 1.31. The average molecular weight is 262 g/mol. The minimum atomic E-state index is 0. The van der Waals surface area contributed by atoms with Gasteiger partial charge < -0.3 is 0 Å². The Labute approximate surface area is 63.7 Å². The van der Waals surface area contributed by atoms with E-state index >= 15 is 0 Å². The molecule has 0 rings (SSSR count). The number of rotatable bonds is 0. The van der Waals surface area contributed by atoms with Crippen LogP contribution in [0.3, 0.4) is 0 Å². The molecule has 0 N–H and O–H groups in total. The Morgan fingerprint density at radius 3 is 1.25 bits per heavy atom. The quantitative estimate of drug-likeness (QED) is 0.639. The topological polar surface area (TPSA) is 9.23 Å². The van der Waals surface area contributed by atoms with E-state index in [2.05, 4.69) is 27.6 Å². The van der Waals surface area contributed by atoms with E-state index in [1.807, 2.05) is 0 Å². The molecule has 0 fully saturated rings. The van der Waals surface area contributed by atoms with E-state index in [1.165, 1.54) is 0 Å². The van der Waals surface area contributed by atoms with Crippen molar-refractivity contribution in [2.75, 3.05) is 0 Å². The van der Waals surface area contributed by atoms with Gasteiger partial charge in [0, 0.05) is 36.9 Å². The molecule has 0 aliphatic rings. The largest absolute Gasteiger partial charge is 0.166 e. The molecule has 1 radical (unpaired) electrons. The predicted molar refractivity (Wildman–Crippen MR) is 12.8 cm³/mol. The van der Waals surface area contributed by atoms with E-state index in [4.69, 9.17) is 0 Å². The Morgan fingerprint density at radius 2 is 1.25 bits per heavy atom. The van der Waals surface area contributed by atoms with Gasteiger partial charge in [0.25, 0.3) is 0 Å². The third kappa shape index (κ3) is 9.23. The Hall–Kier alpha value is 1.77. The van der Waals surface area contributed by atoms with Crippen LogP contribution < -0.4 is 0 Å². The van der Waals surface area contributed by atoms with Gasteiger partial charge in [-0.25, -0.2) is 0 Å². The van der Waals surface area contributed by atoms with Gasteiger partial charge in [-0.15, -0.1) is 0 Å². The number of hydrogen-bond acceptors (Lipinski definition) is 1. The van der Waals surface area contributed by atoms with Crippen molar-refractivity contribution in [2.45, 2.75) is 0 Å². The zero-order valence-electron chi connectivity index (χ0n) is 1.42. The molecule has 0 aliphatic carbocycles. The maximum absolute atomic E-state index is 4.26. The van der Waals surface area contributed by atoms with Gasteiger partial charge in [0.05, 0.1) is 23.7 Å². The van der Waals surface area contributed by atoms with Crippen molar-refractivity contribution in [3.05, 3.63) is 0 Å². The van der Waals surface area contributed by atoms with Gasteiger partial charge in [-0.2, -0.15) is 3.84 Å². The molecule has 0 aromatic carbocycles. The zero-order chi connectivity index (χ0) is 2.71. The fourth-order valence-corrected chi connectivity index (χ4v) is 0. The molecule has 0 aromatic rings. The third-order valence-corrected chi connectivity index (χ3v) is 0. The summed E-state index contributed by atoms with van der Waals surface area (Å²) in [5, 5.41) is 0. The van der Waals surface area contributed by atoms with Crippen molar-refractivity contribution in [3.8, 4) is 0 Å². The van der Waals surface area contributed by atoms with Crippen molar-refractivity contribution in [1.82, 2.24) is 0 Å². The SMILES string of the molecule is ClOCl.[Lu]. The summed E-state index contributed by atoms with van der Waals surface area (Å²) in [6.45, 7) is 0. The Balaban J connectivity index is 0. The zero-order valence-corrected chi connectivity index (χ0v) is 4.59. The van der Waals surface area contributed by atoms with Crippen molar-refractivity contribution >= 4 is 23.7 Å². The first-order valence-corrected chi connectivity index (χ1v) is 0.926. The molecule has 0 bridgehead atoms. The van der Waals surface area contributed by atoms with Crippen LogP contribution in [0.1, 0.15) is 0 Å². The van der Waals surface area contributed by atoms with Gasteiger partial charge in [0.1, 0.15) is 0 Å². The van der Waals surface area contributed by atoms with Crippen LogP contribution in [0.4, 0.5) is 0 Å². The van der Waals surface area contributed by atoms with Crippen LogP contribution in [0, 0.1) is 36.9 Å². The van der Waals surface area contributed by atoms with Crippen molar-refractivity contribution in [3.63, 3.8) is 0 Å². The molecular formula is Cl2LuO. The van der Waals surface area contributed by atoms with Crippen LogP contribution in [-0.4, -0.2) is 0 Å². The third-order valence-electron chi connectivity index (χ3n) is 0. The minimum Gasteiger partial charge on any atom is -0.166 e. The molecular weight excluding hydrogens is 262 g/mol. The van der Waals surface area contributed by atoms with E-state index in [0.717, 1.165) is 0 Å². The van der Waals surface area contributed by atoms with Crippen molar-refractivity contribution < 1.29 is 40.7 Å². The molecule has 4 heteroatoms. The van der Waals surface area contributed by atoms with Gasteiger partial charge >= 0.3 is 0 Å². The molecule has 0 spiro atoms. The summed E-state index contributed by atoms with van der Waals surface area (Å²) >= 11 is 8.53. The molecule has 0 heterocycles. The van der Waals surface area contributed by atoms with Crippen LogP contribution in [0.2, 0.25) is 0 Å². The van der Waals surface area contributed by atoms with Crippen LogP contribution in [0.15, 0.2) is 0 Å². The summed E-state index contributed by atoms with van der Waals surface area (Å²) in [6.07, 6.45) is 0. The second-order valence-corrected chi connectivity index (χ2v) is 0.525. The standard InChI is InChI=1S/Cl2O.Lu/c1-3-2;. The Bertz CT molecular complexity index is 6.00. The van der Waals surface area contributed by atoms with Gasteiger partial charge in [0.15, 0.2) is 0 Å². The van der Waals surface area contributed by atoms with Crippen LogP contribution >= 0.6 is 23.7 Å². The molecule has 1 nitrogen and oxygen atoms in total. The number of halogens is 2. The summed E-state index contributed by atoms with van der Waals surface area (Å²) < 4.78 is 3.19. The fraction of sp³-hybridized carbons (Fsp3) is 0. The molecule has 0 atom stereocenters. The first-order chi connectivity index (χ1) is 1.41. The molecule has 0 amide bonds. The van der Waals surface area contributed by atoms with Gasteiger partial charge in [-0.05, 0) is 0 Å². The Kier molecular flexibility index (Phi) is 20.4. The molecule has 4 heavy (non-hydrogen) atoms. The summed E-state index contributed by atoms with van der Waals surface area (Å²) in [4.78, 5) is 0. The van der Waals surface area contributed by atoms with Gasteiger partial charge in [-0.3, -0.25) is 0 Å². The van der Waals surface area contributed by atoms with Crippen molar-refractivity contribution in [2.24, 2.45) is 0 Å². The molecule has 0 saturated heterocycles. The molecule has 0 aliphatic heterocycles. The first-order valence-electron chi connectivity index (χ1n) is 0.309. The Morgan fingerprint density at radius 1 is 1.25 bits per heavy atom. The van der Waals surface area contributed by atoms with Crippen LogP contribution in [0.5, 0.6) is 0 Å². The minimum absolute atomic E-state index is 0. The summed E-state index contributed by atoms with van der Waals surface area (Å²) in [5.74, 6) is 0. The maximum Gasteiger partial charge on any atom is 0.0832 e. The molecule has 0 unspecified atom stereocenters.